The summed E-state index contributed by atoms with van der Waals surface area (Å²) in [7, 11) is -2.06. The van der Waals surface area contributed by atoms with Gasteiger partial charge in [-0.2, -0.15) is 5.10 Å². The van der Waals surface area contributed by atoms with Crippen LogP contribution in [0.2, 0.25) is 0 Å². The highest BCUT2D eigenvalue weighted by molar-refractivity contribution is 7.91. The van der Waals surface area contributed by atoms with Crippen LogP contribution in [0.5, 0.6) is 0 Å². The SMILES string of the molecule is Cn1cc(Cn2c(=O)c3cc(S(=O)(=O)NC4(C)CC4)sc3n(Cc3ccc(C4CC4)cc3)c2=O)cn1. The van der Waals surface area contributed by atoms with E-state index in [0.717, 1.165) is 34.3 Å². The van der Waals surface area contributed by atoms with Gasteiger partial charge in [-0.15, -0.1) is 11.3 Å². The first-order chi connectivity index (χ1) is 17.1. The zero-order valence-electron chi connectivity index (χ0n) is 20.1. The fourth-order valence-electron chi connectivity index (χ4n) is 4.48. The molecule has 4 aromatic rings. The molecule has 1 aromatic carbocycles. The Kier molecular flexibility index (Phi) is 5.36. The molecule has 1 N–H and O–H groups in total. The zero-order valence-corrected chi connectivity index (χ0v) is 21.7. The number of fused-ring (bicyclic) bond motifs is 1. The maximum absolute atomic E-state index is 13.6. The quantitative estimate of drug-likeness (QED) is 0.381. The van der Waals surface area contributed by atoms with Crippen LogP contribution in [0.15, 0.2) is 56.5 Å². The summed E-state index contributed by atoms with van der Waals surface area (Å²) in [5.74, 6) is 0.626. The second kappa shape index (κ2) is 8.25. The number of nitrogens with one attached hydrogen (secondary N) is 1. The normalized spacial score (nSPS) is 17.1. The van der Waals surface area contributed by atoms with Crippen LogP contribution in [0.4, 0.5) is 0 Å². The van der Waals surface area contributed by atoms with Gasteiger partial charge in [0.25, 0.3) is 15.6 Å². The van der Waals surface area contributed by atoms with Crippen LogP contribution in [0, 0.1) is 0 Å². The van der Waals surface area contributed by atoms with Crippen LogP contribution in [-0.2, 0) is 30.2 Å². The van der Waals surface area contributed by atoms with E-state index in [0.29, 0.717) is 16.3 Å². The highest BCUT2D eigenvalue weighted by Crippen LogP contribution is 2.40. The maximum Gasteiger partial charge on any atom is 0.332 e. The molecule has 9 nitrogen and oxygen atoms in total. The second-order valence-corrected chi connectivity index (χ2v) is 13.2. The van der Waals surface area contributed by atoms with E-state index in [1.807, 2.05) is 19.1 Å². The van der Waals surface area contributed by atoms with Gasteiger partial charge in [0, 0.05) is 24.3 Å². The third-order valence-corrected chi connectivity index (χ3v) is 10.3. The molecule has 0 unspecified atom stereocenters. The van der Waals surface area contributed by atoms with Crippen molar-refractivity contribution in [3.8, 4) is 0 Å². The highest BCUT2D eigenvalue weighted by Gasteiger charge is 2.41. The molecular weight excluding hydrogens is 498 g/mol. The fourth-order valence-corrected chi connectivity index (χ4v) is 7.39. The summed E-state index contributed by atoms with van der Waals surface area (Å²) in [6, 6.07) is 9.59. The molecule has 2 fully saturated rings. The van der Waals surface area contributed by atoms with Crippen molar-refractivity contribution in [3.05, 3.63) is 80.3 Å². The minimum atomic E-state index is -3.82. The summed E-state index contributed by atoms with van der Waals surface area (Å²) in [6.07, 6.45) is 7.32. The van der Waals surface area contributed by atoms with Gasteiger partial charge in [0.15, 0.2) is 0 Å². The Morgan fingerprint density at radius 3 is 2.39 bits per heavy atom. The molecule has 0 amide bonds. The molecule has 0 bridgehead atoms. The fraction of sp³-hybridized carbons (Fsp3) is 0.400. The third kappa shape index (κ3) is 4.35. The third-order valence-electron chi connectivity index (χ3n) is 6.99. The molecule has 2 aliphatic rings. The van der Waals surface area contributed by atoms with Crippen molar-refractivity contribution >= 4 is 31.6 Å². The molecule has 0 saturated heterocycles. The van der Waals surface area contributed by atoms with E-state index in [2.05, 4.69) is 22.0 Å². The van der Waals surface area contributed by atoms with Gasteiger partial charge in [-0.25, -0.2) is 17.9 Å². The highest BCUT2D eigenvalue weighted by atomic mass is 32.2. The lowest BCUT2D eigenvalue weighted by Crippen LogP contribution is -2.40. The minimum absolute atomic E-state index is 0.0408. The van der Waals surface area contributed by atoms with Gasteiger partial charge in [-0.05, 0) is 55.7 Å². The molecule has 36 heavy (non-hydrogen) atoms. The smallest absolute Gasteiger partial charge is 0.280 e. The van der Waals surface area contributed by atoms with Gasteiger partial charge in [0.2, 0.25) is 0 Å². The van der Waals surface area contributed by atoms with Crippen molar-refractivity contribution in [1.82, 2.24) is 23.6 Å². The van der Waals surface area contributed by atoms with Gasteiger partial charge >= 0.3 is 5.69 Å². The number of rotatable bonds is 8. The first kappa shape index (κ1) is 23.4. The Labute approximate surface area is 212 Å². The van der Waals surface area contributed by atoms with E-state index < -0.39 is 26.8 Å². The van der Waals surface area contributed by atoms with Crippen molar-refractivity contribution in [2.75, 3.05) is 0 Å². The van der Waals surface area contributed by atoms with Crippen LogP contribution in [0.25, 0.3) is 10.2 Å². The van der Waals surface area contributed by atoms with Crippen LogP contribution in [0.1, 0.15) is 55.2 Å². The van der Waals surface area contributed by atoms with Crippen molar-refractivity contribution in [1.29, 1.82) is 0 Å². The number of aromatic nitrogens is 4. The molecule has 3 aromatic heterocycles. The number of hydrogen-bond donors (Lipinski definition) is 1. The van der Waals surface area contributed by atoms with E-state index in [4.69, 9.17) is 0 Å². The van der Waals surface area contributed by atoms with Crippen molar-refractivity contribution < 1.29 is 8.42 Å². The largest absolute Gasteiger partial charge is 0.332 e. The summed E-state index contributed by atoms with van der Waals surface area (Å²) in [5.41, 5.74) is 1.49. The summed E-state index contributed by atoms with van der Waals surface area (Å²) < 4.78 is 33.3. The summed E-state index contributed by atoms with van der Waals surface area (Å²) in [5, 5.41) is 4.36. The van der Waals surface area contributed by atoms with Crippen LogP contribution in [0.3, 0.4) is 0 Å². The number of hydrogen-bond acceptors (Lipinski definition) is 6. The van der Waals surface area contributed by atoms with Crippen LogP contribution >= 0.6 is 11.3 Å². The number of aryl methyl sites for hydroxylation is 1. The summed E-state index contributed by atoms with van der Waals surface area (Å²) >= 11 is 0.967. The Morgan fingerprint density at radius 1 is 1.08 bits per heavy atom. The van der Waals surface area contributed by atoms with Gasteiger partial charge in [0.1, 0.15) is 9.04 Å². The molecule has 0 radical (unpaired) electrons. The number of nitrogens with zero attached hydrogens (tertiary/aromatic N) is 4. The Bertz CT molecular complexity index is 1700. The molecule has 0 aliphatic heterocycles. The monoisotopic (exact) mass is 525 g/mol. The average molecular weight is 526 g/mol. The Morgan fingerprint density at radius 2 is 1.78 bits per heavy atom. The van der Waals surface area contributed by atoms with Crippen molar-refractivity contribution in [2.24, 2.45) is 7.05 Å². The van der Waals surface area contributed by atoms with E-state index in [-0.39, 0.29) is 22.7 Å². The van der Waals surface area contributed by atoms with Gasteiger partial charge < -0.3 is 0 Å². The predicted molar refractivity (Wildman–Crippen MR) is 138 cm³/mol. The van der Waals surface area contributed by atoms with E-state index in [1.54, 1.807) is 24.1 Å². The lowest BCUT2D eigenvalue weighted by atomic mass is 10.1. The molecule has 3 heterocycles. The van der Waals surface area contributed by atoms with Gasteiger partial charge in [-0.3, -0.25) is 18.6 Å². The van der Waals surface area contributed by atoms with E-state index >= 15 is 0 Å². The van der Waals surface area contributed by atoms with E-state index in [9.17, 15) is 18.0 Å². The van der Waals surface area contributed by atoms with Crippen molar-refractivity contribution in [3.63, 3.8) is 0 Å². The molecule has 0 spiro atoms. The number of sulfonamides is 1. The maximum atomic E-state index is 13.6. The van der Waals surface area contributed by atoms with Crippen LogP contribution in [-0.4, -0.2) is 32.9 Å². The molecular formula is C25H27N5O4S2. The molecule has 11 heteroatoms. The predicted octanol–water partition coefficient (Wildman–Crippen LogP) is 2.76. The second-order valence-electron chi connectivity index (χ2n) is 10.2. The van der Waals surface area contributed by atoms with Gasteiger partial charge in [-0.1, -0.05) is 24.3 Å². The molecule has 2 saturated carbocycles. The zero-order chi connectivity index (χ0) is 25.2. The van der Waals surface area contributed by atoms with Gasteiger partial charge in [0.05, 0.1) is 24.7 Å². The molecule has 0 atom stereocenters. The standard InChI is InChI=1S/C25H27N5O4S2/c1-25(9-10-25)27-36(33,34)21-11-20-22(31)29(15-17-12-26-28(2)13-17)24(32)30(23(20)35-21)14-16-3-5-18(6-4-16)19-7-8-19/h3-6,11-13,19,27H,7-10,14-15H2,1-2H3. The molecule has 188 valence electrons. The van der Waals surface area contributed by atoms with Crippen LogP contribution < -0.4 is 16.0 Å². The van der Waals surface area contributed by atoms with E-state index in [1.165, 1.54) is 29.0 Å². The minimum Gasteiger partial charge on any atom is -0.280 e. The summed E-state index contributed by atoms with van der Waals surface area (Å²) in [6.45, 7) is 2.15. The number of thiophene rings is 1. The summed E-state index contributed by atoms with van der Waals surface area (Å²) in [4.78, 5) is 27.4. The average Bonchev–Trinajstić information content (AvgIpc) is 3.72. The number of benzene rings is 1. The lowest BCUT2D eigenvalue weighted by Gasteiger charge is -2.12. The Hall–Kier alpha value is -3.02. The first-order valence-corrected chi connectivity index (χ1v) is 14.3. The molecule has 2 aliphatic carbocycles. The Balaban J connectivity index is 1.48. The lowest BCUT2D eigenvalue weighted by molar-refractivity contribution is 0.560. The van der Waals surface area contributed by atoms with Crippen molar-refractivity contribution in [2.45, 2.75) is 61.4 Å². The molecule has 6 rings (SSSR count). The first-order valence-electron chi connectivity index (χ1n) is 12.0. The topological polar surface area (TPSA) is 108 Å².